The number of benzene rings is 1. The largest absolute Gasteiger partial charge is 0.398 e. The first kappa shape index (κ1) is 13.8. The Kier molecular flexibility index (Phi) is 3.97. The lowest BCUT2D eigenvalue weighted by Gasteiger charge is -2.09. The number of anilines is 1. The third-order valence-corrected chi connectivity index (χ3v) is 3.91. The van der Waals surface area contributed by atoms with Crippen LogP contribution in [0, 0.1) is 6.92 Å². The summed E-state index contributed by atoms with van der Waals surface area (Å²) in [5.41, 5.74) is 11.4. The molecule has 6 nitrogen and oxygen atoms in total. The molecule has 0 aliphatic rings. The molecule has 0 fully saturated rings. The van der Waals surface area contributed by atoms with E-state index in [0.29, 0.717) is 11.3 Å². The van der Waals surface area contributed by atoms with Gasteiger partial charge in [0.1, 0.15) is 4.90 Å². The summed E-state index contributed by atoms with van der Waals surface area (Å²) < 4.78 is 25.5. The maximum absolute atomic E-state index is 11.8. The molecule has 0 atom stereocenters. The molecule has 0 aromatic heterocycles. The third kappa shape index (κ3) is 3.32. The maximum Gasteiger partial charge on any atom is 0.242 e. The van der Waals surface area contributed by atoms with Gasteiger partial charge in [-0.1, -0.05) is 11.6 Å². The fourth-order valence-corrected chi connectivity index (χ4v) is 2.73. The van der Waals surface area contributed by atoms with Crippen molar-refractivity contribution in [1.82, 2.24) is 4.72 Å². The number of amides is 1. The predicted molar refractivity (Wildman–Crippen MR) is 65.0 cm³/mol. The number of halogens is 1. The van der Waals surface area contributed by atoms with Gasteiger partial charge in [-0.25, -0.2) is 13.1 Å². The molecule has 0 aliphatic heterocycles. The van der Waals surface area contributed by atoms with Gasteiger partial charge in [-0.15, -0.1) is 0 Å². The summed E-state index contributed by atoms with van der Waals surface area (Å²) in [5.74, 6) is -0.787. The van der Waals surface area contributed by atoms with Gasteiger partial charge in [-0.2, -0.15) is 0 Å². The molecule has 8 heteroatoms. The Bertz CT molecular complexity index is 557. The Labute approximate surface area is 104 Å². The summed E-state index contributed by atoms with van der Waals surface area (Å²) in [7, 11) is -3.89. The van der Waals surface area contributed by atoms with Crippen molar-refractivity contribution in [3.63, 3.8) is 0 Å². The number of primary amides is 1. The molecule has 5 N–H and O–H groups in total. The van der Waals surface area contributed by atoms with E-state index in [1.807, 2.05) is 4.72 Å². The molecule has 1 aromatic rings. The van der Waals surface area contributed by atoms with Gasteiger partial charge in [-0.05, 0) is 24.6 Å². The molecule has 1 rings (SSSR count). The van der Waals surface area contributed by atoms with E-state index in [4.69, 9.17) is 23.1 Å². The fourth-order valence-electron chi connectivity index (χ4n) is 1.12. The lowest BCUT2D eigenvalue weighted by molar-refractivity contribution is -0.116. The number of nitrogens with one attached hydrogen (secondary N) is 1. The van der Waals surface area contributed by atoms with Crippen LogP contribution < -0.4 is 16.2 Å². The Morgan fingerprint density at radius 2 is 2.06 bits per heavy atom. The first-order valence-electron chi connectivity index (χ1n) is 4.57. The SMILES string of the molecule is Cc1cc(Cl)c(S(=O)(=O)NCC(N)=O)cc1N. The van der Waals surface area contributed by atoms with Crippen molar-refractivity contribution in [2.45, 2.75) is 11.8 Å². The van der Waals surface area contributed by atoms with Crippen LogP contribution in [0.15, 0.2) is 17.0 Å². The van der Waals surface area contributed by atoms with Gasteiger partial charge >= 0.3 is 0 Å². The lowest BCUT2D eigenvalue weighted by Crippen LogP contribution is -2.33. The molecule has 17 heavy (non-hydrogen) atoms. The Morgan fingerprint density at radius 1 is 1.47 bits per heavy atom. The number of hydrogen-bond acceptors (Lipinski definition) is 4. The van der Waals surface area contributed by atoms with Crippen molar-refractivity contribution in [2.75, 3.05) is 12.3 Å². The molecule has 0 heterocycles. The lowest BCUT2D eigenvalue weighted by atomic mass is 10.2. The van der Waals surface area contributed by atoms with E-state index in [1.165, 1.54) is 12.1 Å². The topological polar surface area (TPSA) is 115 Å². The van der Waals surface area contributed by atoms with Crippen molar-refractivity contribution in [1.29, 1.82) is 0 Å². The van der Waals surface area contributed by atoms with Crippen molar-refractivity contribution in [3.05, 3.63) is 22.7 Å². The number of carbonyl (C=O) groups is 1. The highest BCUT2D eigenvalue weighted by molar-refractivity contribution is 7.89. The van der Waals surface area contributed by atoms with Gasteiger partial charge in [0.05, 0.1) is 11.6 Å². The highest BCUT2D eigenvalue weighted by atomic mass is 35.5. The summed E-state index contributed by atoms with van der Waals surface area (Å²) in [6.07, 6.45) is 0. The number of sulfonamides is 1. The molecule has 94 valence electrons. The molecule has 0 aliphatic carbocycles. The fraction of sp³-hybridized carbons (Fsp3) is 0.222. The van der Waals surface area contributed by atoms with Crippen LogP contribution in [0.25, 0.3) is 0 Å². The van der Waals surface area contributed by atoms with Gasteiger partial charge in [0.15, 0.2) is 0 Å². The molecule has 0 unspecified atom stereocenters. The summed E-state index contributed by atoms with van der Waals surface area (Å²) in [4.78, 5) is 10.3. The van der Waals surface area contributed by atoms with Gasteiger partial charge in [0.2, 0.25) is 15.9 Å². The average molecular weight is 278 g/mol. The van der Waals surface area contributed by atoms with Crippen molar-refractivity contribution in [2.24, 2.45) is 5.73 Å². The molecule has 0 saturated carbocycles. The van der Waals surface area contributed by atoms with Gasteiger partial charge in [0, 0.05) is 5.69 Å². The first-order valence-corrected chi connectivity index (χ1v) is 6.43. The van der Waals surface area contributed by atoms with Gasteiger partial charge in [0.25, 0.3) is 0 Å². The second-order valence-electron chi connectivity index (χ2n) is 3.43. The van der Waals surface area contributed by atoms with E-state index in [2.05, 4.69) is 0 Å². The van der Waals surface area contributed by atoms with Gasteiger partial charge < -0.3 is 11.5 Å². The minimum absolute atomic E-state index is 0.0358. The molecule has 1 aromatic carbocycles. The number of carbonyl (C=O) groups excluding carboxylic acids is 1. The summed E-state index contributed by atoms with van der Waals surface area (Å²) >= 11 is 5.81. The number of nitrogens with two attached hydrogens (primary N) is 2. The normalized spacial score (nSPS) is 11.4. The number of rotatable bonds is 4. The predicted octanol–water partition coefficient (Wildman–Crippen LogP) is -0.00578. The zero-order valence-corrected chi connectivity index (χ0v) is 10.6. The minimum Gasteiger partial charge on any atom is -0.398 e. The monoisotopic (exact) mass is 277 g/mol. The molecular weight excluding hydrogens is 266 g/mol. The molecule has 0 radical (unpaired) electrons. The van der Waals surface area contributed by atoms with Crippen LogP contribution in [0.4, 0.5) is 5.69 Å². The first-order chi connectivity index (χ1) is 7.74. The zero-order valence-electron chi connectivity index (χ0n) is 9.03. The third-order valence-electron chi connectivity index (χ3n) is 2.05. The molecule has 1 amide bonds. The Morgan fingerprint density at radius 3 is 2.59 bits per heavy atom. The number of aryl methyl sites for hydroxylation is 1. The summed E-state index contributed by atoms with van der Waals surface area (Å²) in [5, 5.41) is 0.0358. The van der Waals surface area contributed by atoms with Crippen LogP contribution >= 0.6 is 11.6 Å². The van der Waals surface area contributed by atoms with E-state index < -0.39 is 22.5 Å². The highest BCUT2D eigenvalue weighted by Gasteiger charge is 2.19. The molecule has 0 saturated heterocycles. The molecule has 0 spiro atoms. The summed E-state index contributed by atoms with van der Waals surface area (Å²) in [6.45, 7) is 1.21. The van der Waals surface area contributed by atoms with E-state index in [9.17, 15) is 13.2 Å². The molecule has 0 bridgehead atoms. The number of hydrogen-bond donors (Lipinski definition) is 3. The highest BCUT2D eigenvalue weighted by Crippen LogP contribution is 2.26. The standard InChI is InChI=1S/C9H12ClN3O3S/c1-5-2-6(10)8(3-7(5)11)17(15,16)13-4-9(12)14/h2-3,13H,4,11H2,1H3,(H2,12,14). The number of nitrogen functional groups attached to an aromatic ring is 1. The molecular formula is C9H12ClN3O3S. The Hall–Kier alpha value is -1.31. The second kappa shape index (κ2) is 4.91. The van der Waals surface area contributed by atoms with Crippen molar-refractivity contribution >= 4 is 33.2 Å². The summed E-state index contributed by atoms with van der Waals surface area (Å²) in [6, 6.07) is 2.68. The van der Waals surface area contributed by atoms with Crippen molar-refractivity contribution < 1.29 is 13.2 Å². The van der Waals surface area contributed by atoms with Crippen LogP contribution in [0.1, 0.15) is 5.56 Å². The van der Waals surface area contributed by atoms with E-state index in [0.717, 1.165) is 0 Å². The van der Waals surface area contributed by atoms with Crippen LogP contribution in [0.3, 0.4) is 0 Å². The second-order valence-corrected chi connectivity index (χ2v) is 5.57. The van der Waals surface area contributed by atoms with E-state index >= 15 is 0 Å². The van der Waals surface area contributed by atoms with Crippen molar-refractivity contribution in [3.8, 4) is 0 Å². The Balaban J connectivity index is 3.15. The minimum atomic E-state index is -3.89. The van der Waals surface area contributed by atoms with Crippen LogP contribution in [0.5, 0.6) is 0 Å². The zero-order chi connectivity index (χ0) is 13.2. The maximum atomic E-state index is 11.8. The van der Waals surface area contributed by atoms with E-state index in [-0.39, 0.29) is 9.92 Å². The smallest absolute Gasteiger partial charge is 0.242 e. The van der Waals surface area contributed by atoms with E-state index in [1.54, 1.807) is 6.92 Å². The van der Waals surface area contributed by atoms with Crippen LogP contribution in [-0.4, -0.2) is 20.9 Å². The van der Waals surface area contributed by atoms with Crippen LogP contribution in [-0.2, 0) is 14.8 Å². The quantitative estimate of drug-likeness (QED) is 0.672. The average Bonchev–Trinajstić information content (AvgIpc) is 2.20. The van der Waals surface area contributed by atoms with Gasteiger partial charge in [-0.3, -0.25) is 4.79 Å². The van der Waals surface area contributed by atoms with Crippen LogP contribution in [0.2, 0.25) is 5.02 Å².